The van der Waals surface area contributed by atoms with Gasteiger partial charge in [0.1, 0.15) is 5.75 Å². The number of ether oxygens (including phenoxy) is 2. The molecule has 0 aliphatic carbocycles. The number of para-hydroxylation sites is 2. The van der Waals surface area contributed by atoms with Crippen molar-refractivity contribution in [3.63, 3.8) is 0 Å². The Morgan fingerprint density at radius 2 is 1.80 bits per heavy atom. The van der Waals surface area contributed by atoms with Crippen LogP contribution in [0.2, 0.25) is 5.02 Å². The molecule has 2 aromatic rings. The Hall–Kier alpha value is -2.79. The normalized spacial score (nSPS) is 11.8. The molecule has 0 fully saturated rings. The van der Waals surface area contributed by atoms with Crippen LogP contribution in [0.15, 0.2) is 54.6 Å². The van der Waals surface area contributed by atoms with Crippen LogP contribution < -0.4 is 10.1 Å². The fraction of sp³-hybridized carbons (Fsp3) is 0.158. The van der Waals surface area contributed by atoms with Crippen LogP contribution in [0, 0.1) is 0 Å². The van der Waals surface area contributed by atoms with E-state index in [0.717, 1.165) is 0 Å². The Morgan fingerprint density at radius 3 is 2.52 bits per heavy atom. The van der Waals surface area contributed by atoms with Gasteiger partial charge in [-0.05, 0) is 36.8 Å². The molecule has 1 atom stereocenters. The third kappa shape index (κ3) is 5.36. The van der Waals surface area contributed by atoms with Crippen molar-refractivity contribution in [1.29, 1.82) is 0 Å². The number of rotatable bonds is 6. The van der Waals surface area contributed by atoms with E-state index in [2.05, 4.69) is 5.32 Å². The summed E-state index contributed by atoms with van der Waals surface area (Å²) in [6.07, 6.45) is 1.80. The molecule has 1 amide bonds. The van der Waals surface area contributed by atoms with Crippen LogP contribution in [-0.2, 0) is 14.3 Å². The average molecular weight is 360 g/mol. The first kappa shape index (κ1) is 18.5. The highest BCUT2D eigenvalue weighted by Crippen LogP contribution is 2.23. The van der Waals surface area contributed by atoms with E-state index >= 15 is 0 Å². The zero-order valence-corrected chi connectivity index (χ0v) is 14.6. The Bertz CT molecular complexity index is 788. The number of esters is 1. The van der Waals surface area contributed by atoms with E-state index in [1.165, 1.54) is 26.2 Å². The predicted octanol–water partition coefficient (Wildman–Crippen LogP) is 3.93. The SMILES string of the molecule is COc1ccccc1NC(=O)[C@@H](C)OC(=O)/C=C/c1ccccc1Cl. The fourth-order valence-corrected chi connectivity index (χ4v) is 2.22. The zero-order valence-electron chi connectivity index (χ0n) is 13.9. The van der Waals surface area contributed by atoms with Crippen LogP contribution in [-0.4, -0.2) is 25.1 Å². The lowest BCUT2D eigenvalue weighted by Crippen LogP contribution is -2.29. The van der Waals surface area contributed by atoms with Crippen LogP contribution in [0.3, 0.4) is 0 Å². The summed E-state index contributed by atoms with van der Waals surface area (Å²) in [4.78, 5) is 24.0. The topological polar surface area (TPSA) is 64.6 Å². The number of hydrogen-bond donors (Lipinski definition) is 1. The number of nitrogens with one attached hydrogen (secondary N) is 1. The fourth-order valence-electron chi connectivity index (χ4n) is 2.02. The first-order valence-electron chi connectivity index (χ1n) is 7.58. The molecular formula is C19H18ClNO4. The first-order valence-corrected chi connectivity index (χ1v) is 7.96. The molecule has 5 nitrogen and oxygen atoms in total. The van der Waals surface area contributed by atoms with Crippen molar-refractivity contribution in [2.45, 2.75) is 13.0 Å². The van der Waals surface area contributed by atoms with Crippen molar-refractivity contribution in [3.8, 4) is 5.75 Å². The molecule has 2 aromatic carbocycles. The molecule has 0 heterocycles. The molecule has 0 spiro atoms. The van der Waals surface area contributed by atoms with Gasteiger partial charge in [-0.25, -0.2) is 4.79 Å². The van der Waals surface area contributed by atoms with E-state index in [1.807, 2.05) is 0 Å². The second kappa shape index (κ2) is 8.89. The molecule has 6 heteroatoms. The van der Waals surface area contributed by atoms with E-state index in [4.69, 9.17) is 21.1 Å². The van der Waals surface area contributed by atoms with Gasteiger partial charge in [-0.1, -0.05) is 41.9 Å². The van der Waals surface area contributed by atoms with Crippen LogP contribution in [0.25, 0.3) is 6.08 Å². The van der Waals surface area contributed by atoms with Crippen LogP contribution >= 0.6 is 11.6 Å². The number of anilines is 1. The van der Waals surface area contributed by atoms with Gasteiger partial charge in [0, 0.05) is 11.1 Å². The van der Waals surface area contributed by atoms with Crippen molar-refractivity contribution >= 4 is 35.2 Å². The summed E-state index contributed by atoms with van der Waals surface area (Å²) in [6.45, 7) is 1.49. The Labute approximate surface area is 151 Å². The van der Waals surface area contributed by atoms with Crippen molar-refractivity contribution in [2.75, 3.05) is 12.4 Å². The molecule has 0 saturated heterocycles. The highest BCUT2D eigenvalue weighted by atomic mass is 35.5. The van der Waals surface area contributed by atoms with Crippen molar-refractivity contribution in [1.82, 2.24) is 0 Å². The summed E-state index contributed by atoms with van der Waals surface area (Å²) in [5, 5.41) is 3.18. The van der Waals surface area contributed by atoms with Gasteiger partial charge in [-0.3, -0.25) is 4.79 Å². The third-order valence-electron chi connectivity index (χ3n) is 3.33. The van der Waals surface area contributed by atoms with Crippen molar-refractivity contribution in [3.05, 3.63) is 65.2 Å². The van der Waals surface area contributed by atoms with Gasteiger partial charge in [-0.15, -0.1) is 0 Å². The highest BCUT2D eigenvalue weighted by Gasteiger charge is 2.18. The molecule has 0 bridgehead atoms. The average Bonchev–Trinajstić information content (AvgIpc) is 2.61. The molecule has 0 aromatic heterocycles. The molecule has 0 aliphatic rings. The largest absolute Gasteiger partial charge is 0.495 e. The number of amides is 1. The summed E-state index contributed by atoms with van der Waals surface area (Å²) in [5.41, 5.74) is 1.19. The monoisotopic (exact) mass is 359 g/mol. The van der Waals surface area contributed by atoms with Gasteiger partial charge in [0.15, 0.2) is 6.10 Å². The molecule has 0 radical (unpaired) electrons. The standard InChI is InChI=1S/C19H18ClNO4/c1-13(19(23)21-16-9-5-6-10-17(16)24-2)25-18(22)12-11-14-7-3-4-8-15(14)20/h3-13H,1-2H3,(H,21,23)/b12-11+/t13-/m1/s1. The number of halogens is 1. The van der Waals surface area contributed by atoms with Gasteiger partial charge >= 0.3 is 5.97 Å². The van der Waals surface area contributed by atoms with Gasteiger partial charge < -0.3 is 14.8 Å². The summed E-state index contributed by atoms with van der Waals surface area (Å²) < 4.78 is 10.3. The van der Waals surface area contributed by atoms with Gasteiger partial charge in [-0.2, -0.15) is 0 Å². The quantitative estimate of drug-likeness (QED) is 0.627. The number of hydrogen-bond acceptors (Lipinski definition) is 4. The summed E-state index contributed by atoms with van der Waals surface area (Å²) in [5.74, 6) is -0.570. The number of carbonyl (C=O) groups excluding carboxylic acids is 2. The molecule has 0 saturated carbocycles. The lowest BCUT2D eigenvalue weighted by atomic mass is 10.2. The second-order valence-electron chi connectivity index (χ2n) is 5.12. The maximum absolute atomic E-state index is 12.2. The predicted molar refractivity (Wildman–Crippen MR) is 97.7 cm³/mol. The molecule has 0 unspecified atom stereocenters. The molecule has 2 rings (SSSR count). The minimum Gasteiger partial charge on any atom is -0.495 e. The smallest absolute Gasteiger partial charge is 0.331 e. The van der Waals surface area contributed by atoms with Crippen molar-refractivity contribution < 1.29 is 19.1 Å². The lowest BCUT2D eigenvalue weighted by Gasteiger charge is -2.14. The van der Waals surface area contributed by atoms with Gasteiger partial charge in [0.2, 0.25) is 0 Å². The van der Waals surface area contributed by atoms with Crippen LogP contribution in [0.5, 0.6) is 5.75 Å². The Kier molecular flexibility index (Phi) is 6.60. The van der Waals surface area contributed by atoms with Crippen LogP contribution in [0.4, 0.5) is 5.69 Å². The number of carbonyl (C=O) groups is 2. The minimum atomic E-state index is -0.965. The first-order chi connectivity index (χ1) is 12.0. The van der Waals surface area contributed by atoms with Gasteiger partial charge in [0.25, 0.3) is 5.91 Å². The van der Waals surface area contributed by atoms with E-state index < -0.39 is 18.0 Å². The molecule has 130 valence electrons. The van der Waals surface area contributed by atoms with E-state index in [1.54, 1.807) is 48.5 Å². The summed E-state index contributed by atoms with van der Waals surface area (Å²) in [7, 11) is 1.51. The number of methoxy groups -OCH3 is 1. The minimum absolute atomic E-state index is 0.455. The third-order valence-corrected chi connectivity index (χ3v) is 3.68. The molecule has 25 heavy (non-hydrogen) atoms. The highest BCUT2D eigenvalue weighted by molar-refractivity contribution is 6.32. The van der Waals surface area contributed by atoms with E-state index in [9.17, 15) is 9.59 Å². The Balaban J connectivity index is 1.94. The van der Waals surface area contributed by atoms with Gasteiger partial charge in [0.05, 0.1) is 12.8 Å². The van der Waals surface area contributed by atoms with E-state index in [0.29, 0.717) is 22.0 Å². The maximum Gasteiger partial charge on any atom is 0.331 e. The molecule has 0 aliphatic heterocycles. The maximum atomic E-state index is 12.2. The summed E-state index contributed by atoms with van der Waals surface area (Å²) in [6, 6.07) is 14.1. The molecular weight excluding hydrogens is 342 g/mol. The molecule has 1 N–H and O–H groups in total. The van der Waals surface area contributed by atoms with Crippen molar-refractivity contribution in [2.24, 2.45) is 0 Å². The summed E-state index contributed by atoms with van der Waals surface area (Å²) >= 11 is 6.00. The van der Waals surface area contributed by atoms with E-state index in [-0.39, 0.29) is 0 Å². The Morgan fingerprint density at radius 1 is 1.12 bits per heavy atom. The lowest BCUT2D eigenvalue weighted by molar-refractivity contribution is -0.148. The number of benzene rings is 2. The van der Waals surface area contributed by atoms with Crippen LogP contribution in [0.1, 0.15) is 12.5 Å². The zero-order chi connectivity index (χ0) is 18.2. The second-order valence-corrected chi connectivity index (χ2v) is 5.53.